The second kappa shape index (κ2) is 10.1. The van der Waals surface area contributed by atoms with Crippen LogP contribution < -0.4 is 20.1 Å². The Morgan fingerprint density at radius 1 is 1.11 bits per heavy atom. The van der Waals surface area contributed by atoms with Gasteiger partial charge in [-0.25, -0.2) is 9.18 Å². The normalized spacial score (nSPS) is 10.4. The minimum absolute atomic E-state index is 0.00331. The maximum absolute atomic E-state index is 13.4. The van der Waals surface area contributed by atoms with Crippen LogP contribution in [0.4, 0.5) is 14.9 Å². The number of benzene rings is 2. The number of nitrogens with one attached hydrogen (secondary N) is 2. The van der Waals surface area contributed by atoms with E-state index >= 15 is 0 Å². The average molecular weight is 375 g/mol. The van der Waals surface area contributed by atoms with Gasteiger partial charge in [0.2, 0.25) is 5.91 Å². The van der Waals surface area contributed by atoms with E-state index in [0.29, 0.717) is 18.0 Å². The Balaban J connectivity index is 1.69. The first-order valence-corrected chi connectivity index (χ1v) is 8.28. The Morgan fingerprint density at radius 2 is 1.81 bits per heavy atom. The van der Waals surface area contributed by atoms with Crippen LogP contribution in [0.1, 0.15) is 0 Å². The summed E-state index contributed by atoms with van der Waals surface area (Å²) in [6, 6.07) is 12.2. The van der Waals surface area contributed by atoms with E-state index in [4.69, 9.17) is 9.47 Å². The number of halogens is 1. The number of rotatable bonds is 8. The van der Waals surface area contributed by atoms with Crippen LogP contribution in [0.3, 0.4) is 0 Å². The fourth-order valence-electron chi connectivity index (χ4n) is 2.20. The molecule has 2 aromatic rings. The van der Waals surface area contributed by atoms with E-state index in [0.717, 1.165) is 0 Å². The SMILES string of the molecule is COc1ccc(NC(=O)NC(=O)CN(C)CCOc2ccccc2F)cc1. The van der Waals surface area contributed by atoms with Crippen molar-refractivity contribution in [1.29, 1.82) is 0 Å². The Kier molecular flexibility index (Phi) is 7.57. The van der Waals surface area contributed by atoms with Gasteiger partial charge in [-0.15, -0.1) is 0 Å². The van der Waals surface area contributed by atoms with Crippen LogP contribution in [0.5, 0.6) is 11.5 Å². The molecule has 0 saturated heterocycles. The highest BCUT2D eigenvalue weighted by Gasteiger charge is 2.11. The summed E-state index contributed by atoms with van der Waals surface area (Å²) in [5.74, 6) is -0.0759. The highest BCUT2D eigenvalue weighted by molar-refractivity contribution is 6.01. The monoisotopic (exact) mass is 375 g/mol. The number of imide groups is 1. The summed E-state index contributed by atoms with van der Waals surface area (Å²) in [5.41, 5.74) is 0.535. The Labute approximate surface area is 157 Å². The maximum Gasteiger partial charge on any atom is 0.325 e. The number of amides is 3. The Hall–Kier alpha value is -3.13. The molecular weight excluding hydrogens is 353 g/mol. The molecule has 0 spiro atoms. The highest BCUT2D eigenvalue weighted by Crippen LogP contribution is 2.15. The van der Waals surface area contributed by atoms with E-state index in [1.165, 1.54) is 12.1 Å². The lowest BCUT2D eigenvalue weighted by Gasteiger charge is -2.16. The molecule has 0 aromatic heterocycles. The van der Waals surface area contributed by atoms with Gasteiger partial charge in [-0.05, 0) is 43.4 Å². The second-order valence-corrected chi connectivity index (χ2v) is 5.75. The van der Waals surface area contributed by atoms with Crippen molar-refractivity contribution in [2.75, 3.05) is 39.2 Å². The number of carbonyl (C=O) groups excluding carboxylic acids is 2. The molecule has 0 aliphatic rings. The molecule has 0 saturated carbocycles. The largest absolute Gasteiger partial charge is 0.497 e. The summed E-state index contributed by atoms with van der Waals surface area (Å²) < 4.78 is 23.8. The van der Waals surface area contributed by atoms with Crippen LogP contribution >= 0.6 is 0 Å². The quantitative estimate of drug-likeness (QED) is 0.741. The lowest BCUT2D eigenvalue weighted by molar-refractivity contribution is -0.120. The van der Waals surface area contributed by atoms with Crippen molar-refractivity contribution in [2.24, 2.45) is 0 Å². The van der Waals surface area contributed by atoms with Crippen LogP contribution in [0.2, 0.25) is 0 Å². The standard InChI is InChI=1S/C19H22FN3O4/c1-23(11-12-27-17-6-4-3-5-16(17)20)13-18(24)22-19(25)21-14-7-9-15(26-2)10-8-14/h3-10H,11-13H2,1-2H3,(H2,21,22,24,25). The van der Waals surface area contributed by atoms with Crippen molar-refractivity contribution >= 4 is 17.6 Å². The number of nitrogens with zero attached hydrogens (tertiary/aromatic N) is 1. The van der Waals surface area contributed by atoms with Crippen molar-refractivity contribution in [1.82, 2.24) is 10.2 Å². The zero-order valence-corrected chi connectivity index (χ0v) is 15.2. The summed E-state index contributed by atoms with van der Waals surface area (Å²) in [5, 5.41) is 4.80. The molecule has 0 atom stereocenters. The Bertz CT molecular complexity index is 768. The van der Waals surface area contributed by atoms with E-state index in [1.54, 1.807) is 55.5 Å². The summed E-state index contributed by atoms with van der Waals surface area (Å²) >= 11 is 0. The zero-order chi connectivity index (χ0) is 19.6. The molecule has 2 rings (SSSR count). The van der Waals surface area contributed by atoms with Crippen LogP contribution in [-0.4, -0.2) is 50.7 Å². The zero-order valence-electron chi connectivity index (χ0n) is 15.2. The lowest BCUT2D eigenvalue weighted by atomic mass is 10.3. The third kappa shape index (κ3) is 6.95. The molecule has 0 aliphatic heterocycles. The molecule has 0 aliphatic carbocycles. The van der Waals surface area contributed by atoms with Crippen molar-refractivity contribution < 1.29 is 23.5 Å². The second-order valence-electron chi connectivity index (χ2n) is 5.75. The molecule has 2 N–H and O–H groups in total. The minimum Gasteiger partial charge on any atom is -0.497 e. The first kappa shape index (κ1) is 20.2. The molecule has 7 nitrogen and oxygen atoms in total. The topological polar surface area (TPSA) is 79.9 Å². The van der Waals surface area contributed by atoms with Crippen LogP contribution in [0, 0.1) is 5.82 Å². The smallest absolute Gasteiger partial charge is 0.325 e. The molecule has 0 unspecified atom stereocenters. The number of likely N-dealkylation sites (N-methyl/N-ethyl adjacent to an activating group) is 1. The lowest BCUT2D eigenvalue weighted by Crippen LogP contribution is -2.41. The van der Waals surface area contributed by atoms with E-state index in [-0.39, 0.29) is 18.9 Å². The molecule has 0 fully saturated rings. The van der Waals surface area contributed by atoms with Gasteiger partial charge in [-0.2, -0.15) is 0 Å². The summed E-state index contributed by atoms with van der Waals surface area (Å²) in [7, 11) is 3.25. The van der Waals surface area contributed by atoms with Gasteiger partial charge in [-0.1, -0.05) is 12.1 Å². The van der Waals surface area contributed by atoms with E-state index in [9.17, 15) is 14.0 Å². The average Bonchev–Trinajstić information content (AvgIpc) is 2.63. The number of para-hydroxylation sites is 1. The van der Waals surface area contributed by atoms with Crippen molar-refractivity contribution in [3.05, 3.63) is 54.3 Å². The van der Waals surface area contributed by atoms with Gasteiger partial charge in [0.05, 0.1) is 13.7 Å². The summed E-state index contributed by atoms with van der Waals surface area (Å²) in [6.45, 7) is 0.598. The van der Waals surface area contributed by atoms with Crippen molar-refractivity contribution in [3.63, 3.8) is 0 Å². The molecule has 3 amide bonds. The highest BCUT2D eigenvalue weighted by atomic mass is 19.1. The molecule has 2 aromatic carbocycles. The van der Waals surface area contributed by atoms with Gasteiger partial charge in [0.1, 0.15) is 12.4 Å². The van der Waals surface area contributed by atoms with Gasteiger partial charge in [-0.3, -0.25) is 15.0 Å². The third-order valence-electron chi connectivity index (χ3n) is 3.58. The number of hydrogen-bond acceptors (Lipinski definition) is 5. The molecular formula is C19H22FN3O4. The maximum atomic E-state index is 13.4. The number of carbonyl (C=O) groups is 2. The van der Waals surface area contributed by atoms with E-state index < -0.39 is 17.8 Å². The fraction of sp³-hybridized carbons (Fsp3) is 0.263. The van der Waals surface area contributed by atoms with Gasteiger partial charge < -0.3 is 14.8 Å². The van der Waals surface area contributed by atoms with E-state index in [2.05, 4.69) is 10.6 Å². The van der Waals surface area contributed by atoms with Gasteiger partial charge in [0, 0.05) is 12.2 Å². The molecule has 144 valence electrons. The molecule has 0 heterocycles. The number of methoxy groups -OCH3 is 1. The molecule has 0 radical (unpaired) electrons. The number of hydrogen-bond donors (Lipinski definition) is 2. The summed E-state index contributed by atoms with van der Waals surface area (Å²) in [6.07, 6.45) is 0. The van der Waals surface area contributed by atoms with Crippen LogP contribution in [-0.2, 0) is 4.79 Å². The first-order chi connectivity index (χ1) is 13.0. The predicted molar refractivity (Wildman–Crippen MR) is 99.5 cm³/mol. The van der Waals surface area contributed by atoms with Gasteiger partial charge in [0.25, 0.3) is 0 Å². The predicted octanol–water partition coefficient (Wildman–Crippen LogP) is 2.49. The van der Waals surface area contributed by atoms with Crippen molar-refractivity contribution in [3.8, 4) is 11.5 Å². The van der Waals surface area contributed by atoms with Crippen LogP contribution in [0.15, 0.2) is 48.5 Å². The minimum atomic E-state index is -0.624. The van der Waals surface area contributed by atoms with Gasteiger partial charge >= 0.3 is 6.03 Å². The molecule has 27 heavy (non-hydrogen) atoms. The van der Waals surface area contributed by atoms with Crippen molar-refractivity contribution in [2.45, 2.75) is 0 Å². The molecule has 0 bridgehead atoms. The third-order valence-corrected chi connectivity index (χ3v) is 3.58. The molecule has 8 heteroatoms. The van der Waals surface area contributed by atoms with Gasteiger partial charge in [0.15, 0.2) is 11.6 Å². The first-order valence-electron chi connectivity index (χ1n) is 8.28. The van der Waals surface area contributed by atoms with Crippen LogP contribution in [0.25, 0.3) is 0 Å². The Morgan fingerprint density at radius 3 is 2.48 bits per heavy atom. The fourth-order valence-corrected chi connectivity index (χ4v) is 2.20. The number of urea groups is 1. The van der Waals surface area contributed by atoms with E-state index in [1.807, 2.05) is 0 Å². The summed E-state index contributed by atoms with van der Waals surface area (Å²) in [4.78, 5) is 25.4. The number of ether oxygens (including phenoxy) is 2. The number of anilines is 1.